The predicted octanol–water partition coefficient (Wildman–Crippen LogP) is 2.77. The molecule has 2 aromatic rings. The van der Waals surface area contributed by atoms with Crippen molar-refractivity contribution in [2.45, 2.75) is 25.8 Å². The first-order valence-electron chi connectivity index (χ1n) is 7.09. The predicted molar refractivity (Wildman–Crippen MR) is 84.9 cm³/mol. The van der Waals surface area contributed by atoms with Gasteiger partial charge in [0, 0.05) is 12.6 Å². The molecule has 1 saturated heterocycles. The van der Waals surface area contributed by atoms with Crippen molar-refractivity contribution >= 4 is 32.9 Å². The molecule has 21 heavy (non-hydrogen) atoms. The highest BCUT2D eigenvalue weighted by Gasteiger charge is 2.31. The monoisotopic (exact) mass is 306 g/mol. The summed E-state index contributed by atoms with van der Waals surface area (Å²) < 4.78 is 0.852. The zero-order valence-corrected chi connectivity index (χ0v) is 12.7. The summed E-state index contributed by atoms with van der Waals surface area (Å²) in [5.74, 6) is 0.395. The molecule has 7 heteroatoms. The molecule has 6 nitrogen and oxygen atoms in total. The van der Waals surface area contributed by atoms with Crippen molar-refractivity contribution in [1.29, 1.82) is 0 Å². The van der Waals surface area contributed by atoms with Crippen molar-refractivity contribution in [3.63, 3.8) is 0 Å². The number of nitrogens with two attached hydrogens (primary N) is 1. The smallest absolute Gasteiger partial charge is 0.319 e. The van der Waals surface area contributed by atoms with E-state index >= 15 is 0 Å². The van der Waals surface area contributed by atoms with Gasteiger partial charge in [0.25, 0.3) is 0 Å². The molecular weight excluding hydrogens is 288 g/mol. The Hall–Kier alpha value is -1.73. The number of anilines is 1. The van der Waals surface area contributed by atoms with E-state index in [1.807, 2.05) is 12.1 Å². The Morgan fingerprint density at radius 1 is 1.52 bits per heavy atom. The molecule has 2 N–H and O–H groups in total. The summed E-state index contributed by atoms with van der Waals surface area (Å²) in [6.07, 6.45) is 2.09. The lowest BCUT2D eigenvalue weighted by Gasteiger charge is -2.39. The van der Waals surface area contributed by atoms with E-state index in [2.05, 4.69) is 16.8 Å². The van der Waals surface area contributed by atoms with Crippen LogP contribution < -0.4 is 10.6 Å². The van der Waals surface area contributed by atoms with Gasteiger partial charge in [-0.05, 0) is 44.4 Å². The number of nitro benzene ring substituents is 1. The van der Waals surface area contributed by atoms with Gasteiger partial charge in [-0.15, -0.1) is 11.3 Å². The SMILES string of the molecule is CC1CCC(CN)CN1c1ccc2scnc2c1[N+](=O)[O-]. The van der Waals surface area contributed by atoms with Crippen LogP contribution >= 0.6 is 11.3 Å². The van der Waals surface area contributed by atoms with Crippen LogP contribution in [0.25, 0.3) is 10.2 Å². The molecule has 0 bridgehead atoms. The molecule has 0 aliphatic carbocycles. The Morgan fingerprint density at radius 2 is 2.33 bits per heavy atom. The second kappa shape index (κ2) is 5.57. The van der Waals surface area contributed by atoms with Gasteiger partial charge >= 0.3 is 5.69 Å². The molecule has 1 aliphatic heterocycles. The van der Waals surface area contributed by atoms with Crippen LogP contribution in [0.3, 0.4) is 0 Å². The van der Waals surface area contributed by atoms with Crippen LogP contribution in [0.15, 0.2) is 17.6 Å². The number of nitro groups is 1. The maximum absolute atomic E-state index is 11.6. The Balaban J connectivity index is 2.10. The van der Waals surface area contributed by atoms with Crippen molar-refractivity contribution in [2.75, 3.05) is 18.0 Å². The van der Waals surface area contributed by atoms with Crippen LogP contribution in [0, 0.1) is 16.0 Å². The highest BCUT2D eigenvalue weighted by Crippen LogP contribution is 2.39. The minimum Gasteiger partial charge on any atom is -0.363 e. The van der Waals surface area contributed by atoms with Crippen LogP contribution in [-0.2, 0) is 0 Å². The van der Waals surface area contributed by atoms with E-state index in [-0.39, 0.29) is 16.7 Å². The molecule has 0 amide bonds. The zero-order chi connectivity index (χ0) is 15.0. The summed E-state index contributed by atoms with van der Waals surface area (Å²) in [7, 11) is 0. The van der Waals surface area contributed by atoms with Crippen molar-refractivity contribution in [2.24, 2.45) is 11.7 Å². The first kappa shape index (κ1) is 14.2. The highest BCUT2D eigenvalue weighted by molar-refractivity contribution is 7.16. The average Bonchev–Trinajstić information content (AvgIpc) is 2.94. The number of hydrogen-bond acceptors (Lipinski definition) is 6. The summed E-state index contributed by atoms with van der Waals surface area (Å²) in [4.78, 5) is 17.6. The quantitative estimate of drug-likeness (QED) is 0.696. The van der Waals surface area contributed by atoms with Gasteiger partial charge in [-0.2, -0.15) is 0 Å². The Kier molecular flexibility index (Phi) is 3.77. The minimum atomic E-state index is -0.309. The summed E-state index contributed by atoms with van der Waals surface area (Å²) >= 11 is 1.43. The normalized spacial score (nSPS) is 22.7. The largest absolute Gasteiger partial charge is 0.363 e. The highest BCUT2D eigenvalue weighted by atomic mass is 32.1. The van der Waals surface area contributed by atoms with E-state index in [1.54, 1.807) is 5.51 Å². The third-order valence-corrected chi connectivity index (χ3v) is 5.05. The lowest BCUT2D eigenvalue weighted by molar-refractivity contribution is -0.382. The summed E-state index contributed by atoms with van der Waals surface area (Å²) in [6, 6.07) is 4.06. The number of nitrogens with zero attached hydrogens (tertiary/aromatic N) is 3. The van der Waals surface area contributed by atoms with Gasteiger partial charge in [-0.3, -0.25) is 10.1 Å². The van der Waals surface area contributed by atoms with E-state index < -0.39 is 0 Å². The number of rotatable bonds is 3. The van der Waals surface area contributed by atoms with Crippen LogP contribution in [0.5, 0.6) is 0 Å². The van der Waals surface area contributed by atoms with Gasteiger partial charge in [-0.1, -0.05) is 0 Å². The molecule has 2 atom stereocenters. The molecule has 0 saturated carbocycles. The molecule has 0 spiro atoms. The molecule has 112 valence electrons. The third-order valence-electron chi connectivity index (χ3n) is 4.26. The fourth-order valence-electron chi connectivity index (χ4n) is 3.03. The van der Waals surface area contributed by atoms with Crippen molar-refractivity contribution in [3.05, 3.63) is 27.8 Å². The first-order valence-corrected chi connectivity index (χ1v) is 7.97. The maximum atomic E-state index is 11.6. The third kappa shape index (κ3) is 2.47. The second-order valence-electron chi connectivity index (χ2n) is 5.57. The number of thiazole rings is 1. The van der Waals surface area contributed by atoms with E-state index in [9.17, 15) is 10.1 Å². The Bertz CT molecular complexity index is 672. The van der Waals surface area contributed by atoms with E-state index in [0.717, 1.165) is 24.1 Å². The summed E-state index contributed by atoms with van der Waals surface area (Å²) in [6.45, 7) is 3.51. The first-order chi connectivity index (χ1) is 10.1. The van der Waals surface area contributed by atoms with Crippen LogP contribution in [0.1, 0.15) is 19.8 Å². The number of benzene rings is 1. The van der Waals surface area contributed by atoms with E-state index in [0.29, 0.717) is 23.7 Å². The molecule has 2 unspecified atom stereocenters. The van der Waals surface area contributed by atoms with Crippen LogP contribution in [0.4, 0.5) is 11.4 Å². The van der Waals surface area contributed by atoms with Crippen molar-refractivity contribution < 1.29 is 4.92 Å². The number of hydrogen-bond donors (Lipinski definition) is 1. The van der Waals surface area contributed by atoms with E-state index in [1.165, 1.54) is 11.3 Å². The lowest BCUT2D eigenvalue weighted by Crippen LogP contribution is -2.44. The maximum Gasteiger partial charge on any atom is 0.319 e. The number of fused-ring (bicyclic) bond motifs is 1. The average molecular weight is 306 g/mol. The molecule has 0 radical (unpaired) electrons. The number of aromatic nitrogens is 1. The van der Waals surface area contributed by atoms with Crippen LogP contribution in [-0.4, -0.2) is 29.0 Å². The number of piperidine rings is 1. The lowest BCUT2D eigenvalue weighted by atomic mass is 9.93. The summed E-state index contributed by atoms with van der Waals surface area (Å²) in [5.41, 5.74) is 8.73. The standard InChI is InChI=1S/C14H18N4O2S/c1-9-2-3-10(6-15)7-17(9)11-4-5-12-13(16-8-21-12)14(11)18(19)20/h4-5,8-10H,2-3,6-7,15H2,1H3. The Morgan fingerprint density at radius 3 is 3.05 bits per heavy atom. The molecular formula is C14H18N4O2S. The molecule has 1 aromatic heterocycles. The molecule has 1 fully saturated rings. The fraction of sp³-hybridized carbons (Fsp3) is 0.500. The molecule has 1 aromatic carbocycles. The van der Waals surface area contributed by atoms with Crippen molar-refractivity contribution in [3.8, 4) is 0 Å². The molecule has 2 heterocycles. The summed E-state index contributed by atoms with van der Waals surface area (Å²) in [5, 5.41) is 11.6. The molecule has 1 aliphatic rings. The topological polar surface area (TPSA) is 85.3 Å². The van der Waals surface area contributed by atoms with E-state index in [4.69, 9.17) is 5.73 Å². The zero-order valence-electron chi connectivity index (χ0n) is 11.9. The Labute approximate surface area is 126 Å². The van der Waals surface area contributed by atoms with Gasteiger partial charge in [-0.25, -0.2) is 4.98 Å². The van der Waals surface area contributed by atoms with Gasteiger partial charge in [0.05, 0.1) is 15.1 Å². The fourth-order valence-corrected chi connectivity index (χ4v) is 3.71. The van der Waals surface area contributed by atoms with Gasteiger partial charge in [0.1, 0.15) is 5.69 Å². The van der Waals surface area contributed by atoms with Crippen molar-refractivity contribution in [1.82, 2.24) is 4.98 Å². The van der Waals surface area contributed by atoms with Gasteiger partial charge in [0.2, 0.25) is 0 Å². The second-order valence-corrected chi connectivity index (χ2v) is 6.46. The van der Waals surface area contributed by atoms with Gasteiger partial charge in [0.15, 0.2) is 5.52 Å². The minimum absolute atomic E-state index is 0.123. The molecule has 3 rings (SSSR count). The van der Waals surface area contributed by atoms with Gasteiger partial charge < -0.3 is 10.6 Å². The van der Waals surface area contributed by atoms with Crippen LogP contribution in [0.2, 0.25) is 0 Å².